The van der Waals surface area contributed by atoms with Gasteiger partial charge in [0.15, 0.2) is 0 Å². The van der Waals surface area contributed by atoms with E-state index < -0.39 is 0 Å². The SMILES string of the molecule is CN(Cc1c(F)cccc1Cl)C(=O)Cc1cccs1. The normalized spacial score (nSPS) is 10.5. The molecule has 0 bridgehead atoms. The zero-order valence-electron chi connectivity index (χ0n) is 10.4. The number of thiophene rings is 1. The van der Waals surface area contributed by atoms with Crippen LogP contribution in [-0.4, -0.2) is 17.9 Å². The predicted molar refractivity (Wildman–Crippen MR) is 75.9 cm³/mol. The van der Waals surface area contributed by atoms with Crippen molar-refractivity contribution in [1.82, 2.24) is 4.90 Å². The van der Waals surface area contributed by atoms with E-state index in [1.54, 1.807) is 19.2 Å². The van der Waals surface area contributed by atoms with Gasteiger partial charge in [0, 0.05) is 29.1 Å². The standard InChI is InChI=1S/C14H13ClFNOS/c1-17(14(18)8-10-4-3-7-19-10)9-11-12(15)5-2-6-13(11)16/h2-7H,8-9H2,1H3. The highest BCUT2D eigenvalue weighted by Crippen LogP contribution is 2.21. The Kier molecular flexibility index (Phi) is 4.56. The van der Waals surface area contributed by atoms with Gasteiger partial charge in [-0.15, -0.1) is 11.3 Å². The van der Waals surface area contributed by atoms with E-state index in [-0.39, 0.29) is 18.3 Å². The number of hydrogen-bond acceptors (Lipinski definition) is 2. The van der Waals surface area contributed by atoms with Crippen LogP contribution in [0.3, 0.4) is 0 Å². The lowest BCUT2D eigenvalue weighted by molar-refractivity contribution is -0.129. The van der Waals surface area contributed by atoms with E-state index >= 15 is 0 Å². The molecule has 2 aromatic rings. The molecule has 0 aliphatic heterocycles. The van der Waals surface area contributed by atoms with Crippen LogP contribution < -0.4 is 0 Å². The van der Waals surface area contributed by atoms with Gasteiger partial charge in [0.05, 0.1) is 6.42 Å². The minimum atomic E-state index is -0.386. The number of nitrogens with zero attached hydrogens (tertiary/aromatic N) is 1. The summed E-state index contributed by atoms with van der Waals surface area (Å²) in [7, 11) is 1.65. The zero-order valence-corrected chi connectivity index (χ0v) is 12.0. The molecule has 0 unspecified atom stereocenters. The lowest BCUT2D eigenvalue weighted by atomic mass is 10.2. The Morgan fingerprint density at radius 2 is 2.16 bits per heavy atom. The Bertz CT molecular complexity index is 551. The number of benzene rings is 1. The zero-order chi connectivity index (χ0) is 13.8. The number of likely N-dealkylation sites (N-methyl/N-ethyl adjacent to an activating group) is 1. The minimum Gasteiger partial charge on any atom is -0.341 e. The number of amides is 1. The Morgan fingerprint density at radius 1 is 1.37 bits per heavy atom. The molecule has 0 aliphatic carbocycles. The van der Waals surface area contributed by atoms with Crippen molar-refractivity contribution in [3.63, 3.8) is 0 Å². The van der Waals surface area contributed by atoms with E-state index in [0.717, 1.165) is 4.88 Å². The fourth-order valence-corrected chi connectivity index (χ4v) is 2.62. The molecule has 0 radical (unpaired) electrons. The Labute approximate surface area is 120 Å². The van der Waals surface area contributed by atoms with Crippen molar-refractivity contribution in [3.05, 3.63) is 57.0 Å². The molecule has 19 heavy (non-hydrogen) atoms. The molecule has 1 aromatic carbocycles. The van der Waals surface area contributed by atoms with Gasteiger partial charge in [0.2, 0.25) is 5.91 Å². The lowest BCUT2D eigenvalue weighted by Crippen LogP contribution is -2.28. The van der Waals surface area contributed by atoms with Crippen molar-refractivity contribution < 1.29 is 9.18 Å². The van der Waals surface area contributed by atoms with Crippen LogP contribution in [0.4, 0.5) is 4.39 Å². The van der Waals surface area contributed by atoms with Crippen molar-refractivity contribution in [3.8, 4) is 0 Å². The van der Waals surface area contributed by atoms with Gasteiger partial charge in [0.25, 0.3) is 0 Å². The van der Waals surface area contributed by atoms with Gasteiger partial charge < -0.3 is 4.90 Å². The summed E-state index contributed by atoms with van der Waals surface area (Å²) < 4.78 is 13.6. The maximum Gasteiger partial charge on any atom is 0.227 e. The molecule has 0 fully saturated rings. The van der Waals surface area contributed by atoms with E-state index in [1.165, 1.54) is 22.3 Å². The van der Waals surface area contributed by atoms with E-state index in [4.69, 9.17) is 11.6 Å². The number of hydrogen-bond donors (Lipinski definition) is 0. The second-order valence-electron chi connectivity index (χ2n) is 4.21. The fraction of sp³-hybridized carbons (Fsp3) is 0.214. The average molecular weight is 298 g/mol. The number of rotatable bonds is 4. The third kappa shape index (κ3) is 3.55. The summed E-state index contributed by atoms with van der Waals surface area (Å²) in [6.07, 6.45) is 0.334. The Morgan fingerprint density at radius 3 is 2.79 bits per heavy atom. The van der Waals surface area contributed by atoms with Gasteiger partial charge >= 0.3 is 0 Å². The van der Waals surface area contributed by atoms with Crippen LogP contribution >= 0.6 is 22.9 Å². The molecule has 0 aliphatic rings. The molecular formula is C14H13ClFNOS. The first kappa shape index (κ1) is 14.0. The van der Waals surface area contributed by atoms with Crippen LogP contribution in [0.5, 0.6) is 0 Å². The van der Waals surface area contributed by atoms with E-state index in [1.807, 2.05) is 17.5 Å². The predicted octanol–water partition coefficient (Wildman–Crippen LogP) is 3.74. The smallest absolute Gasteiger partial charge is 0.227 e. The maximum atomic E-state index is 13.6. The molecule has 0 spiro atoms. The monoisotopic (exact) mass is 297 g/mol. The van der Waals surface area contributed by atoms with Crippen molar-refractivity contribution >= 4 is 28.8 Å². The van der Waals surface area contributed by atoms with Gasteiger partial charge in [-0.1, -0.05) is 23.7 Å². The highest BCUT2D eigenvalue weighted by molar-refractivity contribution is 7.10. The average Bonchev–Trinajstić information content (AvgIpc) is 2.86. The van der Waals surface area contributed by atoms with Crippen LogP contribution in [0.25, 0.3) is 0 Å². The highest BCUT2D eigenvalue weighted by Gasteiger charge is 2.14. The molecular weight excluding hydrogens is 285 g/mol. The van der Waals surface area contributed by atoms with Crippen molar-refractivity contribution in [2.45, 2.75) is 13.0 Å². The molecule has 0 saturated heterocycles. The van der Waals surface area contributed by atoms with Gasteiger partial charge in [0.1, 0.15) is 5.82 Å². The largest absolute Gasteiger partial charge is 0.341 e. The van der Waals surface area contributed by atoms with Crippen molar-refractivity contribution in [2.24, 2.45) is 0 Å². The highest BCUT2D eigenvalue weighted by atomic mass is 35.5. The maximum absolute atomic E-state index is 13.6. The quantitative estimate of drug-likeness (QED) is 0.842. The van der Waals surface area contributed by atoms with Gasteiger partial charge in [-0.05, 0) is 23.6 Å². The third-order valence-electron chi connectivity index (χ3n) is 2.79. The number of halogens is 2. The first-order chi connectivity index (χ1) is 9.08. The molecule has 0 atom stereocenters. The summed E-state index contributed by atoms with van der Waals surface area (Å²) >= 11 is 7.48. The summed E-state index contributed by atoms with van der Waals surface area (Å²) in [5, 5.41) is 2.27. The molecule has 1 amide bonds. The molecule has 100 valence electrons. The van der Waals surface area contributed by atoms with Gasteiger partial charge in [-0.25, -0.2) is 4.39 Å². The third-order valence-corrected chi connectivity index (χ3v) is 4.02. The van der Waals surface area contributed by atoms with E-state index in [0.29, 0.717) is 17.0 Å². The molecule has 0 N–H and O–H groups in total. The van der Waals surface area contributed by atoms with Crippen molar-refractivity contribution in [2.75, 3.05) is 7.05 Å². The van der Waals surface area contributed by atoms with Crippen LogP contribution in [0.2, 0.25) is 5.02 Å². The Balaban J connectivity index is 2.04. The second kappa shape index (κ2) is 6.17. The molecule has 0 saturated carbocycles. The van der Waals surface area contributed by atoms with Crippen LogP contribution in [0.15, 0.2) is 35.7 Å². The molecule has 2 nitrogen and oxygen atoms in total. The minimum absolute atomic E-state index is 0.0539. The summed E-state index contributed by atoms with van der Waals surface area (Å²) in [5.41, 5.74) is 0.353. The summed E-state index contributed by atoms with van der Waals surface area (Å²) in [5.74, 6) is -0.440. The Hall–Kier alpha value is -1.39. The van der Waals surface area contributed by atoms with Gasteiger partial charge in [-0.3, -0.25) is 4.79 Å². The molecule has 2 rings (SSSR count). The second-order valence-corrected chi connectivity index (χ2v) is 5.65. The first-order valence-electron chi connectivity index (χ1n) is 5.77. The van der Waals surface area contributed by atoms with Gasteiger partial charge in [-0.2, -0.15) is 0 Å². The first-order valence-corrected chi connectivity index (χ1v) is 7.03. The summed E-state index contributed by atoms with van der Waals surface area (Å²) in [6.45, 7) is 0.176. The van der Waals surface area contributed by atoms with Crippen molar-refractivity contribution in [1.29, 1.82) is 0 Å². The fourth-order valence-electron chi connectivity index (χ4n) is 1.71. The molecule has 5 heteroatoms. The number of carbonyl (C=O) groups excluding carboxylic acids is 1. The topological polar surface area (TPSA) is 20.3 Å². The van der Waals surface area contributed by atoms with E-state index in [9.17, 15) is 9.18 Å². The van der Waals surface area contributed by atoms with E-state index in [2.05, 4.69) is 0 Å². The molecule has 1 aromatic heterocycles. The number of carbonyl (C=O) groups is 1. The van der Waals surface area contributed by atoms with Crippen LogP contribution in [-0.2, 0) is 17.8 Å². The summed E-state index contributed by atoms with van der Waals surface area (Å²) in [4.78, 5) is 14.5. The summed E-state index contributed by atoms with van der Waals surface area (Å²) in [6, 6.07) is 8.33. The van der Waals surface area contributed by atoms with Crippen LogP contribution in [0.1, 0.15) is 10.4 Å². The molecule has 1 heterocycles. The lowest BCUT2D eigenvalue weighted by Gasteiger charge is -2.18. The van der Waals surface area contributed by atoms with Crippen LogP contribution in [0, 0.1) is 5.82 Å².